The second-order valence-corrected chi connectivity index (χ2v) is 4.94. The Morgan fingerprint density at radius 1 is 1.32 bits per heavy atom. The summed E-state index contributed by atoms with van der Waals surface area (Å²) in [7, 11) is 2.81. The summed E-state index contributed by atoms with van der Waals surface area (Å²) in [5.74, 6) is -0.985. The lowest BCUT2D eigenvalue weighted by Crippen LogP contribution is -2.34. The number of hydrogen-bond donors (Lipinski definition) is 1. The maximum absolute atomic E-state index is 12.2. The van der Waals surface area contributed by atoms with Crippen molar-refractivity contribution < 1.29 is 19.1 Å². The Balaban J connectivity index is 2.20. The van der Waals surface area contributed by atoms with Gasteiger partial charge >= 0.3 is 5.97 Å². The summed E-state index contributed by atoms with van der Waals surface area (Å²) in [6, 6.07) is 4.90. The molecule has 0 radical (unpaired) electrons. The molecule has 1 aliphatic heterocycles. The molecule has 1 N–H and O–H groups in total. The minimum absolute atomic E-state index is 0.125. The summed E-state index contributed by atoms with van der Waals surface area (Å²) >= 11 is 0. The molecule has 116 valence electrons. The van der Waals surface area contributed by atoms with E-state index in [0.717, 1.165) is 10.6 Å². The third-order valence-electron chi connectivity index (χ3n) is 3.38. The van der Waals surface area contributed by atoms with Gasteiger partial charge in [-0.25, -0.2) is 9.80 Å². The molecule has 0 aliphatic carbocycles. The van der Waals surface area contributed by atoms with Gasteiger partial charge in [0.05, 0.1) is 12.7 Å². The van der Waals surface area contributed by atoms with E-state index in [1.807, 2.05) is 6.92 Å². The van der Waals surface area contributed by atoms with E-state index in [1.165, 1.54) is 14.2 Å². The molecule has 0 aromatic heterocycles. The molecular weight excluding hydrogens is 286 g/mol. The average Bonchev–Trinajstić information content (AvgIpc) is 2.51. The van der Waals surface area contributed by atoms with Gasteiger partial charge < -0.3 is 10.1 Å². The number of methoxy groups -OCH3 is 1. The lowest BCUT2D eigenvalue weighted by molar-refractivity contribution is -0.130. The monoisotopic (exact) mass is 303 g/mol. The largest absolute Gasteiger partial charge is 0.465 e. The number of carbonyl (C=O) groups is 3. The van der Waals surface area contributed by atoms with Gasteiger partial charge in [-0.05, 0) is 24.6 Å². The number of nitrogens with zero attached hydrogens (tertiary/aromatic N) is 2. The van der Waals surface area contributed by atoms with E-state index in [2.05, 4.69) is 15.2 Å². The van der Waals surface area contributed by atoms with Gasteiger partial charge in [0.2, 0.25) is 5.91 Å². The fraction of sp³-hybridized carbons (Fsp3) is 0.333. The van der Waals surface area contributed by atoms with E-state index < -0.39 is 5.97 Å². The Kier molecular flexibility index (Phi) is 4.55. The number of anilines is 1. The molecule has 1 aromatic carbocycles. The Labute approximate surface area is 127 Å². The van der Waals surface area contributed by atoms with Crippen molar-refractivity contribution in [2.75, 3.05) is 19.5 Å². The first-order valence-electron chi connectivity index (χ1n) is 6.76. The Morgan fingerprint density at radius 2 is 2.05 bits per heavy atom. The van der Waals surface area contributed by atoms with E-state index in [1.54, 1.807) is 18.2 Å². The molecule has 2 amide bonds. The molecule has 1 aromatic rings. The summed E-state index contributed by atoms with van der Waals surface area (Å²) in [5, 5.41) is 7.84. The van der Waals surface area contributed by atoms with Gasteiger partial charge in [0.25, 0.3) is 5.91 Å². The molecular formula is C15H17N3O4. The number of aryl methyl sites for hydroxylation is 1. The first-order chi connectivity index (χ1) is 10.4. The molecule has 0 saturated carbocycles. The first-order valence-corrected chi connectivity index (χ1v) is 6.76. The highest BCUT2D eigenvalue weighted by Gasteiger charge is 2.22. The van der Waals surface area contributed by atoms with E-state index in [4.69, 9.17) is 0 Å². The van der Waals surface area contributed by atoms with Crippen LogP contribution in [0.3, 0.4) is 0 Å². The highest BCUT2D eigenvalue weighted by Crippen LogP contribution is 2.18. The highest BCUT2D eigenvalue weighted by atomic mass is 16.5. The van der Waals surface area contributed by atoms with Gasteiger partial charge in [0.1, 0.15) is 5.71 Å². The number of hydrazone groups is 1. The lowest BCUT2D eigenvalue weighted by atomic mass is 10.1. The predicted octanol–water partition coefficient (Wildman–Crippen LogP) is 1.33. The summed E-state index contributed by atoms with van der Waals surface area (Å²) < 4.78 is 4.66. The topological polar surface area (TPSA) is 88.1 Å². The summed E-state index contributed by atoms with van der Waals surface area (Å²) in [6.07, 6.45) is 0.550. The van der Waals surface area contributed by atoms with Crippen LogP contribution in [-0.4, -0.2) is 42.7 Å². The van der Waals surface area contributed by atoms with E-state index in [-0.39, 0.29) is 23.9 Å². The zero-order valence-electron chi connectivity index (χ0n) is 12.7. The number of rotatable bonds is 3. The van der Waals surface area contributed by atoms with Crippen LogP contribution < -0.4 is 5.32 Å². The number of nitrogens with one attached hydrogen (secondary N) is 1. The quantitative estimate of drug-likeness (QED) is 0.853. The van der Waals surface area contributed by atoms with E-state index in [9.17, 15) is 14.4 Å². The predicted molar refractivity (Wildman–Crippen MR) is 80.6 cm³/mol. The van der Waals surface area contributed by atoms with E-state index >= 15 is 0 Å². The number of hydrogen-bond acceptors (Lipinski definition) is 5. The summed E-state index contributed by atoms with van der Waals surface area (Å²) in [6.45, 7) is 1.81. The highest BCUT2D eigenvalue weighted by molar-refractivity contribution is 6.43. The molecule has 0 saturated heterocycles. The van der Waals surface area contributed by atoms with Crippen molar-refractivity contribution in [2.24, 2.45) is 5.10 Å². The Hall–Kier alpha value is -2.70. The van der Waals surface area contributed by atoms with Crippen molar-refractivity contribution in [2.45, 2.75) is 19.8 Å². The molecule has 1 heterocycles. The summed E-state index contributed by atoms with van der Waals surface area (Å²) in [4.78, 5) is 35.1. The number of benzene rings is 1. The molecule has 7 nitrogen and oxygen atoms in total. The number of ether oxygens (including phenoxy) is 1. The fourth-order valence-electron chi connectivity index (χ4n) is 2.03. The Bertz CT molecular complexity index is 667. The van der Waals surface area contributed by atoms with Gasteiger partial charge in [-0.15, -0.1) is 0 Å². The molecule has 0 atom stereocenters. The normalized spacial score (nSPS) is 14.4. The van der Waals surface area contributed by atoms with Crippen molar-refractivity contribution in [1.29, 1.82) is 0 Å². The first kappa shape index (κ1) is 15.7. The van der Waals surface area contributed by atoms with Crippen LogP contribution in [0.2, 0.25) is 0 Å². The standard InChI is InChI=1S/C15H17N3O4/c1-9-4-5-10(15(21)22-3)8-12(9)16-14(20)11-6-7-13(19)18(2)17-11/h4-5,8H,6-7H2,1-3H3,(H,16,20). The van der Waals surface area contributed by atoms with Crippen molar-refractivity contribution in [3.05, 3.63) is 29.3 Å². The molecule has 0 bridgehead atoms. The van der Waals surface area contributed by atoms with Crippen LogP contribution in [0.5, 0.6) is 0 Å². The van der Waals surface area contributed by atoms with Crippen LogP contribution in [-0.2, 0) is 14.3 Å². The maximum atomic E-state index is 12.2. The Morgan fingerprint density at radius 3 is 2.68 bits per heavy atom. The number of esters is 1. The van der Waals surface area contributed by atoms with Crippen LogP contribution in [0, 0.1) is 6.92 Å². The van der Waals surface area contributed by atoms with Crippen LogP contribution in [0.25, 0.3) is 0 Å². The third kappa shape index (κ3) is 3.30. The zero-order chi connectivity index (χ0) is 16.3. The second kappa shape index (κ2) is 6.38. The van der Waals surface area contributed by atoms with E-state index in [0.29, 0.717) is 17.7 Å². The van der Waals surface area contributed by atoms with Crippen LogP contribution in [0.4, 0.5) is 5.69 Å². The minimum atomic E-state index is -0.476. The van der Waals surface area contributed by atoms with Gasteiger partial charge in [-0.1, -0.05) is 6.07 Å². The van der Waals surface area contributed by atoms with Gasteiger partial charge in [0, 0.05) is 25.6 Å². The van der Waals surface area contributed by atoms with Crippen molar-refractivity contribution >= 4 is 29.2 Å². The van der Waals surface area contributed by atoms with Crippen molar-refractivity contribution in [3.8, 4) is 0 Å². The molecule has 2 rings (SSSR count). The van der Waals surface area contributed by atoms with Crippen molar-refractivity contribution in [1.82, 2.24) is 5.01 Å². The second-order valence-electron chi connectivity index (χ2n) is 4.94. The molecule has 22 heavy (non-hydrogen) atoms. The number of carbonyl (C=O) groups excluding carboxylic acids is 3. The molecule has 1 aliphatic rings. The van der Waals surface area contributed by atoms with Gasteiger partial charge in [-0.2, -0.15) is 5.10 Å². The maximum Gasteiger partial charge on any atom is 0.337 e. The molecule has 0 fully saturated rings. The van der Waals surface area contributed by atoms with Crippen molar-refractivity contribution in [3.63, 3.8) is 0 Å². The average molecular weight is 303 g/mol. The molecule has 7 heteroatoms. The lowest BCUT2D eigenvalue weighted by Gasteiger charge is -2.19. The minimum Gasteiger partial charge on any atom is -0.465 e. The van der Waals surface area contributed by atoms with Crippen LogP contribution in [0.1, 0.15) is 28.8 Å². The number of amides is 2. The van der Waals surface area contributed by atoms with Crippen LogP contribution >= 0.6 is 0 Å². The molecule has 0 spiro atoms. The SMILES string of the molecule is COC(=O)c1ccc(C)c(NC(=O)C2=NN(C)C(=O)CC2)c1. The zero-order valence-corrected chi connectivity index (χ0v) is 12.7. The van der Waals surface area contributed by atoms with Gasteiger partial charge in [-0.3, -0.25) is 9.59 Å². The summed E-state index contributed by atoms with van der Waals surface area (Å²) in [5.41, 5.74) is 1.95. The fourth-order valence-corrected chi connectivity index (χ4v) is 2.03. The van der Waals surface area contributed by atoms with Crippen LogP contribution in [0.15, 0.2) is 23.3 Å². The smallest absolute Gasteiger partial charge is 0.337 e. The van der Waals surface area contributed by atoms with Gasteiger partial charge in [0.15, 0.2) is 0 Å². The third-order valence-corrected chi connectivity index (χ3v) is 3.38. The molecule has 0 unspecified atom stereocenters.